The van der Waals surface area contributed by atoms with E-state index in [0.29, 0.717) is 5.41 Å². The van der Waals surface area contributed by atoms with Gasteiger partial charge in [-0.25, -0.2) is 0 Å². The van der Waals surface area contributed by atoms with Crippen LogP contribution in [0.25, 0.3) is 0 Å². The van der Waals surface area contributed by atoms with Gasteiger partial charge in [0.15, 0.2) is 0 Å². The standard InChI is InChI=1S/C13H26/c1-6-7-8-12-9-11(4)13(12,5)10(2)3/h10-12H,6-9H2,1-5H3. The fourth-order valence-electron chi connectivity index (χ4n) is 3.10. The molecular formula is C13H26. The molecule has 0 heteroatoms. The van der Waals surface area contributed by atoms with Crippen molar-refractivity contribution in [2.24, 2.45) is 23.2 Å². The topological polar surface area (TPSA) is 0 Å². The van der Waals surface area contributed by atoms with E-state index >= 15 is 0 Å². The molecule has 3 unspecified atom stereocenters. The minimum Gasteiger partial charge on any atom is -0.0654 e. The first-order chi connectivity index (χ1) is 6.03. The molecule has 0 bridgehead atoms. The molecule has 0 amide bonds. The van der Waals surface area contributed by atoms with Crippen molar-refractivity contribution in [3.05, 3.63) is 0 Å². The Kier molecular flexibility index (Phi) is 3.43. The van der Waals surface area contributed by atoms with Gasteiger partial charge in [-0.15, -0.1) is 0 Å². The SMILES string of the molecule is CCCCC1CC(C)C1(C)C(C)C. The average Bonchev–Trinajstić information content (AvgIpc) is 2.10. The smallest absolute Gasteiger partial charge is 0.0249 e. The third-order valence-electron chi connectivity index (χ3n) is 4.73. The molecule has 0 heterocycles. The van der Waals surface area contributed by atoms with Crippen molar-refractivity contribution in [3.8, 4) is 0 Å². The molecule has 1 rings (SSSR count). The molecule has 1 aliphatic carbocycles. The summed E-state index contributed by atoms with van der Waals surface area (Å²) in [5.41, 5.74) is 0.648. The van der Waals surface area contributed by atoms with Crippen LogP contribution >= 0.6 is 0 Å². The van der Waals surface area contributed by atoms with Crippen molar-refractivity contribution in [1.29, 1.82) is 0 Å². The first-order valence-corrected chi connectivity index (χ1v) is 6.03. The Morgan fingerprint density at radius 1 is 1.38 bits per heavy atom. The summed E-state index contributed by atoms with van der Waals surface area (Å²) in [6, 6.07) is 0. The summed E-state index contributed by atoms with van der Waals surface area (Å²) in [6.45, 7) is 12.0. The lowest BCUT2D eigenvalue weighted by Gasteiger charge is -2.56. The van der Waals surface area contributed by atoms with E-state index in [-0.39, 0.29) is 0 Å². The van der Waals surface area contributed by atoms with Crippen LogP contribution in [0.1, 0.15) is 60.3 Å². The molecular weight excluding hydrogens is 156 g/mol. The number of unbranched alkanes of at least 4 members (excludes halogenated alkanes) is 1. The van der Waals surface area contributed by atoms with Crippen molar-refractivity contribution in [1.82, 2.24) is 0 Å². The Bertz CT molecular complexity index is 153. The second-order valence-corrected chi connectivity index (χ2v) is 5.50. The fraction of sp³-hybridized carbons (Fsp3) is 1.00. The summed E-state index contributed by atoms with van der Waals surface area (Å²) in [5, 5.41) is 0. The Hall–Kier alpha value is 0. The quantitative estimate of drug-likeness (QED) is 0.600. The zero-order valence-electron chi connectivity index (χ0n) is 10.1. The van der Waals surface area contributed by atoms with Crippen LogP contribution in [0.5, 0.6) is 0 Å². The van der Waals surface area contributed by atoms with Crippen LogP contribution in [0.2, 0.25) is 0 Å². The van der Waals surface area contributed by atoms with Gasteiger partial charge in [-0.1, -0.05) is 47.5 Å². The second-order valence-electron chi connectivity index (χ2n) is 5.50. The predicted molar refractivity (Wildman–Crippen MR) is 59.7 cm³/mol. The molecule has 0 aromatic rings. The first-order valence-electron chi connectivity index (χ1n) is 6.03. The van der Waals surface area contributed by atoms with E-state index in [1.165, 1.54) is 25.7 Å². The van der Waals surface area contributed by atoms with Crippen molar-refractivity contribution >= 4 is 0 Å². The zero-order valence-corrected chi connectivity index (χ0v) is 10.1. The van der Waals surface area contributed by atoms with Crippen LogP contribution in [-0.2, 0) is 0 Å². The van der Waals surface area contributed by atoms with Gasteiger partial charge in [-0.3, -0.25) is 0 Å². The average molecular weight is 182 g/mol. The summed E-state index contributed by atoms with van der Waals surface area (Å²) >= 11 is 0. The normalized spacial score (nSPS) is 39.2. The lowest BCUT2D eigenvalue weighted by atomic mass is 9.49. The molecule has 1 saturated carbocycles. The summed E-state index contributed by atoms with van der Waals surface area (Å²) in [4.78, 5) is 0. The van der Waals surface area contributed by atoms with Gasteiger partial charge >= 0.3 is 0 Å². The van der Waals surface area contributed by atoms with Gasteiger partial charge < -0.3 is 0 Å². The highest BCUT2D eigenvalue weighted by Gasteiger charge is 2.49. The van der Waals surface area contributed by atoms with E-state index in [9.17, 15) is 0 Å². The lowest BCUT2D eigenvalue weighted by molar-refractivity contribution is -0.0722. The van der Waals surface area contributed by atoms with Gasteiger partial charge in [-0.2, -0.15) is 0 Å². The van der Waals surface area contributed by atoms with E-state index in [2.05, 4.69) is 34.6 Å². The van der Waals surface area contributed by atoms with E-state index < -0.39 is 0 Å². The summed E-state index contributed by atoms with van der Waals surface area (Å²) in [5.74, 6) is 2.83. The monoisotopic (exact) mass is 182 g/mol. The molecule has 0 aromatic carbocycles. The number of rotatable bonds is 4. The van der Waals surface area contributed by atoms with Crippen LogP contribution in [0, 0.1) is 23.2 Å². The van der Waals surface area contributed by atoms with Crippen LogP contribution in [0.4, 0.5) is 0 Å². The van der Waals surface area contributed by atoms with Gasteiger partial charge in [-0.05, 0) is 36.0 Å². The molecule has 3 atom stereocenters. The predicted octanol–water partition coefficient (Wildman–Crippen LogP) is 4.49. The molecule has 0 aliphatic heterocycles. The molecule has 1 fully saturated rings. The highest BCUT2D eigenvalue weighted by atomic mass is 14.5. The lowest BCUT2D eigenvalue weighted by Crippen LogP contribution is -2.49. The van der Waals surface area contributed by atoms with Gasteiger partial charge in [0.25, 0.3) is 0 Å². The van der Waals surface area contributed by atoms with E-state index in [1.807, 2.05) is 0 Å². The summed E-state index contributed by atoms with van der Waals surface area (Å²) < 4.78 is 0. The van der Waals surface area contributed by atoms with Crippen LogP contribution < -0.4 is 0 Å². The van der Waals surface area contributed by atoms with Crippen LogP contribution in [-0.4, -0.2) is 0 Å². The van der Waals surface area contributed by atoms with E-state index in [0.717, 1.165) is 17.8 Å². The molecule has 0 saturated heterocycles. The third kappa shape index (κ3) is 1.78. The summed E-state index contributed by atoms with van der Waals surface area (Å²) in [7, 11) is 0. The summed E-state index contributed by atoms with van der Waals surface area (Å²) in [6.07, 6.45) is 5.74. The van der Waals surface area contributed by atoms with Gasteiger partial charge in [0, 0.05) is 0 Å². The molecule has 0 aromatic heterocycles. The Morgan fingerprint density at radius 2 is 2.00 bits per heavy atom. The van der Waals surface area contributed by atoms with Crippen molar-refractivity contribution < 1.29 is 0 Å². The molecule has 0 N–H and O–H groups in total. The fourth-order valence-corrected chi connectivity index (χ4v) is 3.10. The highest BCUT2D eigenvalue weighted by Crippen LogP contribution is 2.57. The number of hydrogen-bond acceptors (Lipinski definition) is 0. The van der Waals surface area contributed by atoms with Gasteiger partial charge in [0.2, 0.25) is 0 Å². The minimum absolute atomic E-state index is 0.648. The van der Waals surface area contributed by atoms with Gasteiger partial charge in [0.05, 0.1) is 0 Å². The maximum absolute atomic E-state index is 2.51. The van der Waals surface area contributed by atoms with E-state index in [4.69, 9.17) is 0 Å². The third-order valence-corrected chi connectivity index (χ3v) is 4.73. The maximum atomic E-state index is 2.51. The largest absolute Gasteiger partial charge is 0.0654 e. The maximum Gasteiger partial charge on any atom is -0.0249 e. The Labute approximate surface area is 84.1 Å². The molecule has 78 valence electrons. The molecule has 0 spiro atoms. The molecule has 0 radical (unpaired) electrons. The van der Waals surface area contributed by atoms with Crippen molar-refractivity contribution in [3.63, 3.8) is 0 Å². The molecule has 1 aliphatic rings. The van der Waals surface area contributed by atoms with Crippen molar-refractivity contribution in [2.45, 2.75) is 60.3 Å². The van der Waals surface area contributed by atoms with Crippen molar-refractivity contribution in [2.75, 3.05) is 0 Å². The van der Waals surface area contributed by atoms with Crippen LogP contribution in [0.3, 0.4) is 0 Å². The van der Waals surface area contributed by atoms with Crippen LogP contribution in [0.15, 0.2) is 0 Å². The Balaban J connectivity index is 2.50. The number of hydrogen-bond donors (Lipinski definition) is 0. The molecule has 0 nitrogen and oxygen atoms in total. The minimum atomic E-state index is 0.648. The first kappa shape index (κ1) is 11.1. The zero-order chi connectivity index (χ0) is 10.1. The molecule has 13 heavy (non-hydrogen) atoms. The van der Waals surface area contributed by atoms with Gasteiger partial charge in [0.1, 0.15) is 0 Å². The Morgan fingerprint density at radius 3 is 2.38 bits per heavy atom. The second kappa shape index (κ2) is 4.02. The van der Waals surface area contributed by atoms with E-state index in [1.54, 1.807) is 0 Å². The highest BCUT2D eigenvalue weighted by molar-refractivity contribution is 4.98.